The van der Waals surface area contributed by atoms with E-state index in [1.807, 2.05) is 0 Å². The molecule has 0 amide bonds. The minimum absolute atomic E-state index is 0.973. The Morgan fingerprint density at radius 1 is 0.639 bits per heavy atom. The number of aryl methyl sites for hydroxylation is 1. The van der Waals surface area contributed by atoms with E-state index in [0.717, 1.165) is 24.2 Å². The van der Waals surface area contributed by atoms with E-state index in [1.165, 1.54) is 60.3 Å². The van der Waals surface area contributed by atoms with Crippen LogP contribution in [-0.2, 0) is 6.42 Å². The molecule has 1 aliphatic carbocycles. The van der Waals surface area contributed by atoms with Crippen LogP contribution >= 0.6 is 0 Å². The number of fused-ring (bicyclic) bond motifs is 8. The van der Waals surface area contributed by atoms with Crippen LogP contribution in [0.15, 0.2) is 114 Å². The van der Waals surface area contributed by atoms with E-state index < -0.39 is 0 Å². The molecule has 7 aromatic rings. The first kappa shape index (κ1) is 19.7. The maximum Gasteiger partial charge on any atom is 0.134 e. The van der Waals surface area contributed by atoms with Gasteiger partial charge in [-0.1, -0.05) is 78.9 Å². The average Bonchev–Trinajstić information content (AvgIpc) is 3.48. The molecule has 0 aliphatic heterocycles. The summed E-state index contributed by atoms with van der Waals surface area (Å²) in [5, 5.41) is 6.37. The van der Waals surface area contributed by atoms with Gasteiger partial charge in [0.15, 0.2) is 0 Å². The first-order chi connectivity index (χ1) is 17.8. The third-order valence-corrected chi connectivity index (χ3v) is 7.63. The lowest BCUT2D eigenvalue weighted by atomic mass is 9.99. The van der Waals surface area contributed by atoms with Crippen LogP contribution < -0.4 is 0 Å². The average molecular weight is 462 g/mol. The lowest BCUT2D eigenvalue weighted by molar-refractivity contribution is 0.546. The summed E-state index contributed by atoms with van der Waals surface area (Å²) in [6.45, 7) is 0. The van der Waals surface area contributed by atoms with Crippen molar-refractivity contribution in [2.75, 3.05) is 0 Å². The van der Waals surface area contributed by atoms with Crippen LogP contribution in [0, 0.1) is 0 Å². The summed E-state index contributed by atoms with van der Waals surface area (Å²) in [5.41, 5.74) is 8.25. The highest BCUT2D eigenvalue weighted by Crippen LogP contribution is 2.38. The van der Waals surface area contributed by atoms with Crippen molar-refractivity contribution < 1.29 is 4.42 Å². The van der Waals surface area contributed by atoms with E-state index in [2.05, 4.69) is 120 Å². The molecule has 2 heteroatoms. The molecule has 0 bridgehead atoms. The maximum atomic E-state index is 6.14. The minimum Gasteiger partial charge on any atom is -0.460 e. The zero-order valence-electron chi connectivity index (χ0n) is 19.7. The normalized spacial score (nSPS) is 13.2. The summed E-state index contributed by atoms with van der Waals surface area (Å²) in [7, 11) is 0. The van der Waals surface area contributed by atoms with Crippen molar-refractivity contribution in [1.29, 1.82) is 0 Å². The fourth-order valence-electron chi connectivity index (χ4n) is 5.97. The molecule has 5 aromatic carbocycles. The van der Waals surface area contributed by atoms with Crippen molar-refractivity contribution in [2.24, 2.45) is 0 Å². The molecule has 36 heavy (non-hydrogen) atoms. The van der Waals surface area contributed by atoms with Crippen LogP contribution in [0.5, 0.6) is 0 Å². The molecule has 0 fully saturated rings. The van der Waals surface area contributed by atoms with Crippen molar-refractivity contribution in [3.8, 4) is 16.8 Å². The Morgan fingerprint density at radius 3 is 2.47 bits per heavy atom. The van der Waals surface area contributed by atoms with Gasteiger partial charge in [-0.15, -0.1) is 0 Å². The first-order valence-electron chi connectivity index (χ1n) is 12.6. The molecule has 0 saturated carbocycles. The van der Waals surface area contributed by atoms with Gasteiger partial charge in [-0.3, -0.25) is 0 Å². The van der Waals surface area contributed by atoms with Gasteiger partial charge in [-0.2, -0.15) is 0 Å². The predicted molar refractivity (Wildman–Crippen MR) is 151 cm³/mol. The molecule has 1 aliphatic rings. The molecule has 2 nitrogen and oxygen atoms in total. The number of rotatable bonds is 2. The number of hydrogen-bond acceptors (Lipinski definition) is 1. The van der Waals surface area contributed by atoms with Gasteiger partial charge in [0, 0.05) is 33.8 Å². The molecule has 0 atom stereocenters. The first-order valence-corrected chi connectivity index (χ1v) is 12.6. The monoisotopic (exact) mass is 461 g/mol. The van der Waals surface area contributed by atoms with Crippen LogP contribution in [0.2, 0.25) is 0 Å². The molecule has 0 saturated heterocycles. The molecule has 2 heterocycles. The van der Waals surface area contributed by atoms with Gasteiger partial charge < -0.3 is 8.98 Å². The van der Waals surface area contributed by atoms with E-state index in [0.29, 0.717) is 0 Å². The summed E-state index contributed by atoms with van der Waals surface area (Å²) < 4.78 is 8.54. The summed E-state index contributed by atoms with van der Waals surface area (Å²) >= 11 is 0. The zero-order valence-corrected chi connectivity index (χ0v) is 19.7. The Balaban J connectivity index is 1.36. The number of nitrogens with zero attached hydrogens (tertiary/aromatic N) is 1. The molecule has 2 aromatic heterocycles. The van der Waals surface area contributed by atoms with Gasteiger partial charge in [0.1, 0.15) is 11.3 Å². The van der Waals surface area contributed by atoms with Crippen molar-refractivity contribution in [3.63, 3.8) is 0 Å². The van der Waals surface area contributed by atoms with Gasteiger partial charge in [0.05, 0.1) is 11.0 Å². The van der Waals surface area contributed by atoms with Crippen LogP contribution in [0.25, 0.3) is 66.4 Å². The number of para-hydroxylation sites is 1. The number of hydrogen-bond donors (Lipinski definition) is 0. The van der Waals surface area contributed by atoms with Gasteiger partial charge in [-0.05, 0) is 64.7 Å². The van der Waals surface area contributed by atoms with Gasteiger partial charge in [0.2, 0.25) is 0 Å². The predicted octanol–water partition coefficient (Wildman–Crippen LogP) is 9.31. The smallest absolute Gasteiger partial charge is 0.134 e. The SMILES string of the molecule is C1=Cc2c(oc3ccc(-c4cccc(-n5c6ccccc6c6c7ccccc7ccc65)c4)cc23)CC1. The van der Waals surface area contributed by atoms with Crippen molar-refractivity contribution in [2.45, 2.75) is 12.8 Å². The van der Waals surface area contributed by atoms with Crippen LogP contribution in [0.4, 0.5) is 0 Å². The lowest BCUT2D eigenvalue weighted by Crippen LogP contribution is -1.94. The van der Waals surface area contributed by atoms with Gasteiger partial charge in [-0.25, -0.2) is 0 Å². The molecular formula is C34H23NO. The second-order valence-electron chi connectivity index (χ2n) is 9.67. The topological polar surface area (TPSA) is 18.1 Å². The summed E-state index contributed by atoms with van der Waals surface area (Å²) in [4.78, 5) is 0. The largest absolute Gasteiger partial charge is 0.460 e. The molecule has 0 radical (unpaired) electrons. The third-order valence-electron chi connectivity index (χ3n) is 7.63. The lowest BCUT2D eigenvalue weighted by Gasteiger charge is -2.11. The molecule has 170 valence electrons. The van der Waals surface area contributed by atoms with Crippen LogP contribution in [0.1, 0.15) is 17.7 Å². The highest BCUT2D eigenvalue weighted by atomic mass is 16.3. The molecule has 8 rings (SSSR count). The standard InChI is InChI=1S/C34H23NO/c1-2-11-26-22(8-1)16-18-31-34(26)28-13-3-5-14-30(28)35(31)25-10-7-9-23(20-25)24-17-19-33-29(21-24)27-12-4-6-15-32(27)36-33/h1-5,7-14,16-21H,6,15H2. The Bertz CT molecular complexity index is 2000. The molecular weight excluding hydrogens is 438 g/mol. The number of aromatic nitrogens is 1. The van der Waals surface area contributed by atoms with E-state index in [-0.39, 0.29) is 0 Å². The Morgan fingerprint density at radius 2 is 1.50 bits per heavy atom. The Labute approximate surface area is 208 Å². The number of furan rings is 1. The van der Waals surface area contributed by atoms with Crippen LogP contribution in [0.3, 0.4) is 0 Å². The highest BCUT2D eigenvalue weighted by Gasteiger charge is 2.17. The van der Waals surface area contributed by atoms with Crippen molar-refractivity contribution in [1.82, 2.24) is 4.57 Å². The third kappa shape index (κ3) is 2.79. The zero-order chi connectivity index (χ0) is 23.6. The van der Waals surface area contributed by atoms with Crippen molar-refractivity contribution in [3.05, 3.63) is 121 Å². The molecule has 0 spiro atoms. The van der Waals surface area contributed by atoms with Gasteiger partial charge in [0.25, 0.3) is 0 Å². The van der Waals surface area contributed by atoms with Crippen molar-refractivity contribution >= 4 is 49.6 Å². The minimum atomic E-state index is 0.973. The van der Waals surface area contributed by atoms with E-state index in [1.54, 1.807) is 0 Å². The fraction of sp³-hybridized carbons (Fsp3) is 0.0588. The quantitative estimate of drug-likeness (QED) is 0.251. The summed E-state index contributed by atoms with van der Waals surface area (Å²) in [6, 6.07) is 37.4. The Hall–Kier alpha value is -4.56. The van der Waals surface area contributed by atoms with Crippen LogP contribution in [-0.4, -0.2) is 4.57 Å². The maximum absolute atomic E-state index is 6.14. The second kappa shape index (κ2) is 7.47. The summed E-state index contributed by atoms with van der Waals surface area (Å²) in [5.74, 6) is 1.11. The van der Waals surface area contributed by atoms with Gasteiger partial charge >= 0.3 is 0 Å². The number of benzene rings is 5. The fourth-order valence-corrected chi connectivity index (χ4v) is 5.97. The highest BCUT2D eigenvalue weighted by molar-refractivity contribution is 6.21. The van der Waals surface area contributed by atoms with E-state index in [4.69, 9.17) is 4.42 Å². The molecule has 0 N–H and O–H groups in total. The number of allylic oxidation sites excluding steroid dienone is 1. The second-order valence-corrected chi connectivity index (χ2v) is 9.67. The molecule has 0 unspecified atom stereocenters. The summed E-state index contributed by atoms with van der Waals surface area (Å²) in [6.07, 6.45) is 6.49. The Kier molecular flexibility index (Phi) is 4.09. The van der Waals surface area contributed by atoms with E-state index >= 15 is 0 Å². The van der Waals surface area contributed by atoms with E-state index in [9.17, 15) is 0 Å².